The molecule has 15 heavy (non-hydrogen) atoms. The molecule has 0 aromatic heterocycles. The minimum atomic E-state index is 0.344. The predicted octanol–water partition coefficient (Wildman–Crippen LogP) is 2.27. The van der Waals surface area contributed by atoms with E-state index in [9.17, 15) is 0 Å². The van der Waals surface area contributed by atoms with Crippen molar-refractivity contribution >= 4 is 5.96 Å². The first kappa shape index (κ1) is 12.3. The summed E-state index contributed by atoms with van der Waals surface area (Å²) in [4.78, 5) is 4.36. The highest BCUT2D eigenvalue weighted by Crippen LogP contribution is 2.18. The van der Waals surface area contributed by atoms with Crippen LogP contribution in [0, 0.1) is 5.41 Å². The van der Waals surface area contributed by atoms with Gasteiger partial charge in [0.05, 0.1) is 0 Å². The molecule has 3 N–H and O–H groups in total. The van der Waals surface area contributed by atoms with Crippen molar-refractivity contribution in [3.63, 3.8) is 0 Å². The zero-order valence-corrected chi connectivity index (χ0v) is 10.3. The molecule has 3 nitrogen and oxygen atoms in total. The summed E-state index contributed by atoms with van der Waals surface area (Å²) in [5.74, 6) is 0.631. The molecule has 0 aromatic carbocycles. The zero-order chi connectivity index (χ0) is 11.3. The Kier molecular flexibility index (Phi) is 4.43. The van der Waals surface area contributed by atoms with Gasteiger partial charge in [-0.1, -0.05) is 33.6 Å². The Morgan fingerprint density at radius 3 is 2.47 bits per heavy atom. The molecule has 1 aliphatic carbocycles. The molecule has 0 bridgehead atoms. The molecule has 1 rings (SSSR count). The van der Waals surface area contributed by atoms with Crippen molar-refractivity contribution in [2.75, 3.05) is 6.54 Å². The lowest BCUT2D eigenvalue weighted by molar-refractivity contribution is 0.385. The molecule has 0 spiro atoms. The predicted molar refractivity (Wildman–Crippen MR) is 66.0 cm³/mol. The topological polar surface area (TPSA) is 50.4 Å². The molecule has 0 aliphatic heterocycles. The maximum Gasteiger partial charge on any atom is 0.188 e. The van der Waals surface area contributed by atoms with Crippen molar-refractivity contribution in [2.24, 2.45) is 16.1 Å². The van der Waals surface area contributed by atoms with E-state index in [1.165, 1.54) is 25.7 Å². The van der Waals surface area contributed by atoms with Crippen molar-refractivity contribution in [3.05, 3.63) is 0 Å². The molecule has 0 saturated heterocycles. The lowest BCUT2D eigenvalue weighted by atomic mass is 9.93. The second-order valence-corrected chi connectivity index (χ2v) is 5.70. The summed E-state index contributed by atoms with van der Waals surface area (Å²) >= 11 is 0. The van der Waals surface area contributed by atoms with Gasteiger partial charge < -0.3 is 11.1 Å². The van der Waals surface area contributed by atoms with Gasteiger partial charge >= 0.3 is 0 Å². The van der Waals surface area contributed by atoms with Crippen LogP contribution in [0.1, 0.15) is 52.9 Å². The second-order valence-electron chi connectivity index (χ2n) is 5.70. The molecular weight excluding hydrogens is 186 g/mol. The highest BCUT2D eigenvalue weighted by atomic mass is 15.1. The Labute approximate surface area is 93.5 Å². The van der Waals surface area contributed by atoms with Gasteiger partial charge in [-0.2, -0.15) is 0 Å². The van der Waals surface area contributed by atoms with E-state index in [0.29, 0.717) is 17.4 Å². The first-order chi connectivity index (χ1) is 6.97. The molecule has 1 saturated carbocycles. The van der Waals surface area contributed by atoms with Crippen molar-refractivity contribution in [1.82, 2.24) is 5.32 Å². The van der Waals surface area contributed by atoms with Gasteiger partial charge in [-0.15, -0.1) is 0 Å². The minimum Gasteiger partial charge on any atom is -0.370 e. The number of guanidine groups is 1. The van der Waals surface area contributed by atoms with E-state index in [4.69, 9.17) is 5.73 Å². The van der Waals surface area contributed by atoms with Crippen LogP contribution < -0.4 is 11.1 Å². The Morgan fingerprint density at radius 1 is 1.33 bits per heavy atom. The monoisotopic (exact) mass is 211 g/mol. The highest BCUT2D eigenvalue weighted by molar-refractivity contribution is 5.78. The van der Waals surface area contributed by atoms with Gasteiger partial charge in [0.1, 0.15) is 0 Å². The Bertz CT molecular complexity index is 209. The van der Waals surface area contributed by atoms with Gasteiger partial charge in [0, 0.05) is 12.6 Å². The van der Waals surface area contributed by atoms with E-state index in [2.05, 4.69) is 31.1 Å². The van der Waals surface area contributed by atoms with Crippen LogP contribution in [0.25, 0.3) is 0 Å². The molecule has 0 radical (unpaired) electrons. The number of nitrogens with zero attached hydrogens (tertiary/aromatic N) is 1. The first-order valence-corrected chi connectivity index (χ1v) is 6.04. The van der Waals surface area contributed by atoms with Crippen molar-refractivity contribution in [3.8, 4) is 0 Å². The fourth-order valence-corrected chi connectivity index (χ4v) is 1.84. The van der Waals surface area contributed by atoms with E-state index < -0.39 is 0 Å². The maximum atomic E-state index is 5.82. The third-order valence-corrected chi connectivity index (χ3v) is 2.85. The first-order valence-electron chi connectivity index (χ1n) is 6.04. The van der Waals surface area contributed by atoms with Crippen LogP contribution in [0.4, 0.5) is 0 Å². The van der Waals surface area contributed by atoms with Crippen LogP contribution in [-0.4, -0.2) is 18.5 Å². The Hall–Kier alpha value is -0.730. The van der Waals surface area contributed by atoms with E-state index in [1.54, 1.807) is 0 Å². The molecule has 3 heteroatoms. The lowest BCUT2D eigenvalue weighted by Crippen LogP contribution is -2.38. The average Bonchev–Trinajstić information content (AvgIpc) is 2.54. The quantitative estimate of drug-likeness (QED) is 0.556. The van der Waals surface area contributed by atoms with E-state index >= 15 is 0 Å². The van der Waals surface area contributed by atoms with Crippen molar-refractivity contribution in [2.45, 2.75) is 58.9 Å². The lowest BCUT2D eigenvalue weighted by Gasteiger charge is -2.17. The van der Waals surface area contributed by atoms with Crippen LogP contribution in [0.5, 0.6) is 0 Å². The fourth-order valence-electron chi connectivity index (χ4n) is 1.84. The summed E-state index contributed by atoms with van der Waals surface area (Å²) in [6, 6.07) is 0.573. The van der Waals surface area contributed by atoms with Crippen LogP contribution in [0.2, 0.25) is 0 Å². The van der Waals surface area contributed by atoms with Crippen LogP contribution in [0.15, 0.2) is 4.99 Å². The molecule has 0 heterocycles. The van der Waals surface area contributed by atoms with Crippen molar-refractivity contribution < 1.29 is 0 Å². The Balaban J connectivity index is 2.20. The summed E-state index contributed by atoms with van der Waals surface area (Å²) < 4.78 is 0. The van der Waals surface area contributed by atoms with Gasteiger partial charge in [-0.05, 0) is 24.7 Å². The molecule has 0 atom stereocenters. The van der Waals surface area contributed by atoms with Crippen LogP contribution in [-0.2, 0) is 0 Å². The number of nitrogens with two attached hydrogens (primary N) is 1. The number of aliphatic imine (C=N–C) groups is 1. The summed E-state index contributed by atoms with van der Waals surface area (Å²) in [5.41, 5.74) is 6.17. The van der Waals surface area contributed by atoms with Gasteiger partial charge in [0.2, 0.25) is 0 Å². The minimum absolute atomic E-state index is 0.344. The SMILES string of the molecule is CC(C)(C)CCN=C(N)NC1CCCC1. The molecule has 0 amide bonds. The maximum absolute atomic E-state index is 5.82. The van der Waals surface area contributed by atoms with E-state index in [-0.39, 0.29) is 0 Å². The average molecular weight is 211 g/mol. The smallest absolute Gasteiger partial charge is 0.188 e. The number of hydrogen-bond donors (Lipinski definition) is 2. The largest absolute Gasteiger partial charge is 0.370 e. The number of nitrogens with one attached hydrogen (secondary N) is 1. The van der Waals surface area contributed by atoms with Crippen LogP contribution in [0.3, 0.4) is 0 Å². The second kappa shape index (κ2) is 5.38. The Morgan fingerprint density at radius 2 is 1.93 bits per heavy atom. The molecule has 0 unspecified atom stereocenters. The molecule has 0 aromatic rings. The fraction of sp³-hybridized carbons (Fsp3) is 0.917. The summed E-state index contributed by atoms with van der Waals surface area (Å²) in [6.45, 7) is 7.50. The summed E-state index contributed by atoms with van der Waals surface area (Å²) in [7, 11) is 0. The highest BCUT2D eigenvalue weighted by Gasteiger charge is 2.15. The van der Waals surface area contributed by atoms with E-state index in [0.717, 1.165) is 13.0 Å². The molecule has 1 aliphatic rings. The van der Waals surface area contributed by atoms with Gasteiger partial charge in [-0.25, -0.2) is 0 Å². The number of hydrogen-bond acceptors (Lipinski definition) is 1. The van der Waals surface area contributed by atoms with Gasteiger partial charge in [-0.3, -0.25) is 4.99 Å². The third-order valence-electron chi connectivity index (χ3n) is 2.85. The third kappa shape index (κ3) is 5.65. The van der Waals surface area contributed by atoms with Crippen molar-refractivity contribution in [1.29, 1.82) is 0 Å². The summed E-state index contributed by atoms with van der Waals surface area (Å²) in [5, 5.41) is 3.29. The molecule has 1 fully saturated rings. The van der Waals surface area contributed by atoms with Gasteiger partial charge in [0.25, 0.3) is 0 Å². The summed E-state index contributed by atoms with van der Waals surface area (Å²) in [6.07, 6.45) is 6.23. The van der Waals surface area contributed by atoms with Crippen LogP contribution >= 0.6 is 0 Å². The van der Waals surface area contributed by atoms with E-state index in [1.807, 2.05) is 0 Å². The van der Waals surface area contributed by atoms with Gasteiger partial charge in [0.15, 0.2) is 5.96 Å². The normalized spacial score (nSPS) is 19.5. The zero-order valence-electron chi connectivity index (χ0n) is 10.3. The molecular formula is C12H25N3. The molecule has 88 valence electrons. The number of rotatable bonds is 3. The standard InChI is InChI=1S/C12H25N3/c1-12(2,3)8-9-14-11(13)15-10-6-4-5-7-10/h10H,4-9H2,1-3H3,(H3,13,14,15).